The van der Waals surface area contributed by atoms with Gasteiger partial charge in [-0.05, 0) is 46.1 Å². The van der Waals surface area contributed by atoms with Gasteiger partial charge in [-0.15, -0.1) is 0 Å². The molecule has 0 aliphatic carbocycles. The molecule has 1 aromatic carbocycles. The van der Waals surface area contributed by atoms with Crippen LogP contribution in [0.4, 0.5) is 0 Å². The maximum Gasteiger partial charge on any atom is 0.253 e. The van der Waals surface area contributed by atoms with Gasteiger partial charge in [0.05, 0.1) is 4.99 Å². The average Bonchev–Trinajstić information content (AvgIpc) is 2.41. The lowest BCUT2D eigenvalue weighted by Crippen LogP contribution is -2.35. The predicted octanol–water partition coefficient (Wildman–Crippen LogP) is 2.07. The van der Waals surface area contributed by atoms with Crippen LogP contribution >= 0.6 is 12.2 Å². The van der Waals surface area contributed by atoms with Crippen molar-refractivity contribution in [3.63, 3.8) is 0 Å². The van der Waals surface area contributed by atoms with Gasteiger partial charge in [0.2, 0.25) is 0 Å². The minimum Gasteiger partial charge on any atom is -0.393 e. The highest BCUT2D eigenvalue weighted by atomic mass is 32.1. The fraction of sp³-hybridized carbons (Fsp3) is 0.500. The van der Waals surface area contributed by atoms with Crippen LogP contribution in [0.25, 0.3) is 0 Å². The van der Waals surface area contributed by atoms with Crippen LogP contribution in [-0.4, -0.2) is 54.4 Å². The Balaban J connectivity index is 2.73. The first-order valence-corrected chi connectivity index (χ1v) is 7.60. The van der Waals surface area contributed by atoms with Gasteiger partial charge in [-0.3, -0.25) is 4.79 Å². The van der Waals surface area contributed by atoms with Crippen molar-refractivity contribution in [2.75, 3.05) is 33.7 Å². The van der Waals surface area contributed by atoms with Crippen molar-refractivity contribution in [3.05, 3.63) is 35.4 Å². The molecule has 4 nitrogen and oxygen atoms in total. The van der Waals surface area contributed by atoms with E-state index in [0.717, 1.165) is 24.1 Å². The third kappa shape index (κ3) is 6.69. The third-order valence-corrected chi connectivity index (χ3v) is 3.42. The molecule has 5 heteroatoms. The number of benzene rings is 1. The van der Waals surface area contributed by atoms with Crippen molar-refractivity contribution >= 4 is 23.1 Å². The topological polar surface area (TPSA) is 49.6 Å². The lowest BCUT2D eigenvalue weighted by atomic mass is 10.1. The molecule has 0 saturated carbocycles. The second kappa shape index (κ2) is 8.74. The molecule has 2 N–H and O–H groups in total. The molecule has 0 fully saturated rings. The summed E-state index contributed by atoms with van der Waals surface area (Å²) in [6.45, 7) is 4.23. The zero-order valence-corrected chi connectivity index (χ0v) is 13.9. The minimum atomic E-state index is 0.0497. The van der Waals surface area contributed by atoms with Gasteiger partial charge in [-0.1, -0.05) is 29.9 Å². The van der Waals surface area contributed by atoms with E-state index in [1.165, 1.54) is 0 Å². The molecule has 116 valence electrons. The summed E-state index contributed by atoms with van der Waals surface area (Å²) < 4.78 is 0. The normalized spacial score (nSPS) is 10.7. The Bertz CT molecular complexity index is 488. The van der Waals surface area contributed by atoms with Crippen LogP contribution in [0, 0.1) is 6.92 Å². The number of thiocarbonyl (C=S) groups is 1. The van der Waals surface area contributed by atoms with E-state index in [1.54, 1.807) is 0 Å². The quantitative estimate of drug-likeness (QED) is 0.747. The third-order valence-electron chi connectivity index (χ3n) is 3.21. The van der Waals surface area contributed by atoms with E-state index in [0.29, 0.717) is 24.5 Å². The molecule has 0 bridgehead atoms. The zero-order chi connectivity index (χ0) is 15.8. The molecule has 21 heavy (non-hydrogen) atoms. The number of aryl methyl sites for hydroxylation is 1. The molecule has 1 aromatic rings. The molecule has 0 spiro atoms. The van der Waals surface area contributed by atoms with Crippen molar-refractivity contribution in [2.45, 2.75) is 19.8 Å². The maximum atomic E-state index is 12.6. The Kier molecular flexibility index (Phi) is 7.32. The van der Waals surface area contributed by atoms with Gasteiger partial charge < -0.3 is 15.5 Å². The Hall–Kier alpha value is -1.46. The van der Waals surface area contributed by atoms with Gasteiger partial charge in [0.1, 0.15) is 0 Å². The van der Waals surface area contributed by atoms with Crippen LogP contribution < -0.4 is 5.73 Å². The van der Waals surface area contributed by atoms with Crippen LogP contribution in [0.5, 0.6) is 0 Å². The number of carbonyl (C=O) groups excluding carboxylic acids is 1. The standard InChI is InChI=1S/C16H25N3OS/c1-13-6-4-7-14(12-13)16(20)19(11-8-15(17)21)10-5-9-18(2)3/h4,6-7,12H,5,8-11H2,1-3H3,(H2,17,21). The maximum absolute atomic E-state index is 12.6. The largest absolute Gasteiger partial charge is 0.393 e. The Labute approximate surface area is 132 Å². The van der Waals surface area contributed by atoms with E-state index in [1.807, 2.05) is 50.2 Å². The Morgan fingerprint density at radius 2 is 1.95 bits per heavy atom. The number of nitrogens with two attached hydrogens (primary N) is 1. The number of amides is 1. The lowest BCUT2D eigenvalue weighted by molar-refractivity contribution is 0.0755. The summed E-state index contributed by atoms with van der Waals surface area (Å²) in [5.74, 6) is 0.0497. The molecule has 0 atom stereocenters. The van der Waals surface area contributed by atoms with E-state index in [2.05, 4.69) is 4.90 Å². The van der Waals surface area contributed by atoms with Crippen molar-refractivity contribution in [1.82, 2.24) is 9.80 Å². The van der Waals surface area contributed by atoms with Crippen LogP contribution in [0.1, 0.15) is 28.8 Å². The SMILES string of the molecule is Cc1cccc(C(=O)N(CCCN(C)C)CCC(N)=S)c1. The van der Waals surface area contributed by atoms with Crippen molar-refractivity contribution in [2.24, 2.45) is 5.73 Å². The van der Waals surface area contributed by atoms with Gasteiger partial charge in [0, 0.05) is 25.1 Å². The van der Waals surface area contributed by atoms with Crippen LogP contribution in [0.2, 0.25) is 0 Å². The van der Waals surface area contributed by atoms with Gasteiger partial charge in [0.25, 0.3) is 5.91 Å². The molecule has 0 aliphatic rings. The fourth-order valence-electron chi connectivity index (χ4n) is 2.10. The Morgan fingerprint density at radius 3 is 2.52 bits per heavy atom. The second-order valence-corrected chi connectivity index (χ2v) is 6.06. The average molecular weight is 307 g/mol. The van der Waals surface area contributed by atoms with Gasteiger partial charge in [-0.25, -0.2) is 0 Å². The van der Waals surface area contributed by atoms with Crippen molar-refractivity contribution in [1.29, 1.82) is 0 Å². The fourth-order valence-corrected chi connectivity index (χ4v) is 2.19. The summed E-state index contributed by atoms with van der Waals surface area (Å²) in [5.41, 5.74) is 7.38. The number of nitrogens with zero attached hydrogens (tertiary/aromatic N) is 2. The summed E-state index contributed by atoms with van der Waals surface area (Å²) in [7, 11) is 4.06. The van der Waals surface area contributed by atoms with Crippen LogP contribution in [-0.2, 0) is 0 Å². The molecule has 0 aliphatic heterocycles. The van der Waals surface area contributed by atoms with E-state index in [4.69, 9.17) is 18.0 Å². The molecule has 0 unspecified atom stereocenters. The summed E-state index contributed by atoms with van der Waals surface area (Å²) in [4.78, 5) is 17.0. The van der Waals surface area contributed by atoms with Crippen LogP contribution in [0.15, 0.2) is 24.3 Å². The summed E-state index contributed by atoms with van der Waals surface area (Å²) in [6, 6.07) is 7.67. The molecule has 1 amide bonds. The summed E-state index contributed by atoms with van der Waals surface area (Å²) >= 11 is 4.92. The molecule has 0 aromatic heterocycles. The molecular formula is C16H25N3OS. The van der Waals surface area contributed by atoms with E-state index >= 15 is 0 Å². The predicted molar refractivity (Wildman–Crippen MR) is 91.7 cm³/mol. The second-order valence-electron chi connectivity index (χ2n) is 5.53. The van der Waals surface area contributed by atoms with E-state index in [9.17, 15) is 4.79 Å². The number of hydrogen-bond acceptors (Lipinski definition) is 3. The van der Waals surface area contributed by atoms with Crippen molar-refractivity contribution < 1.29 is 4.79 Å². The summed E-state index contributed by atoms with van der Waals surface area (Å²) in [6.07, 6.45) is 1.50. The van der Waals surface area contributed by atoms with E-state index < -0.39 is 0 Å². The first kappa shape index (κ1) is 17.6. The Morgan fingerprint density at radius 1 is 1.24 bits per heavy atom. The van der Waals surface area contributed by atoms with Gasteiger partial charge >= 0.3 is 0 Å². The highest BCUT2D eigenvalue weighted by molar-refractivity contribution is 7.80. The number of hydrogen-bond donors (Lipinski definition) is 1. The molecule has 0 saturated heterocycles. The van der Waals surface area contributed by atoms with Gasteiger partial charge in [0.15, 0.2) is 0 Å². The number of rotatable bonds is 8. The lowest BCUT2D eigenvalue weighted by Gasteiger charge is -2.23. The molecular weight excluding hydrogens is 282 g/mol. The summed E-state index contributed by atoms with van der Waals surface area (Å²) in [5, 5.41) is 0. The molecule has 0 heterocycles. The number of carbonyl (C=O) groups is 1. The van der Waals surface area contributed by atoms with Crippen molar-refractivity contribution in [3.8, 4) is 0 Å². The van der Waals surface area contributed by atoms with Gasteiger partial charge in [-0.2, -0.15) is 0 Å². The monoisotopic (exact) mass is 307 g/mol. The van der Waals surface area contributed by atoms with Crippen LogP contribution in [0.3, 0.4) is 0 Å². The molecule has 0 radical (unpaired) electrons. The zero-order valence-electron chi connectivity index (χ0n) is 13.1. The highest BCUT2D eigenvalue weighted by Crippen LogP contribution is 2.09. The smallest absolute Gasteiger partial charge is 0.253 e. The molecule has 1 rings (SSSR count). The first-order chi connectivity index (χ1) is 9.90. The highest BCUT2D eigenvalue weighted by Gasteiger charge is 2.15. The van der Waals surface area contributed by atoms with E-state index in [-0.39, 0.29) is 5.91 Å². The minimum absolute atomic E-state index is 0.0497. The first-order valence-electron chi connectivity index (χ1n) is 7.19.